The number of piperidine rings is 1. The fourth-order valence-corrected chi connectivity index (χ4v) is 3.17. The first-order valence-electron chi connectivity index (χ1n) is 7.06. The molecule has 1 unspecified atom stereocenters. The van der Waals surface area contributed by atoms with Gasteiger partial charge in [-0.25, -0.2) is 0 Å². The van der Waals surface area contributed by atoms with Gasteiger partial charge in [0.2, 0.25) is 0 Å². The summed E-state index contributed by atoms with van der Waals surface area (Å²) in [7, 11) is 0. The molecule has 0 saturated carbocycles. The van der Waals surface area contributed by atoms with E-state index in [1.54, 1.807) is 6.92 Å². The van der Waals surface area contributed by atoms with E-state index in [2.05, 4.69) is 15.9 Å². The van der Waals surface area contributed by atoms with Gasteiger partial charge in [0.1, 0.15) is 5.78 Å². The van der Waals surface area contributed by atoms with Crippen LogP contribution in [0.1, 0.15) is 48.5 Å². The number of hydrogen-bond acceptors (Lipinski definition) is 2. The van der Waals surface area contributed by atoms with Crippen LogP contribution in [0.15, 0.2) is 22.7 Å². The SMILES string of the molecule is CC(=O)CC1CCCCN1C(=O)c1cccc(Br)c1C. The lowest BCUT2D eigenvalue weighted by atomic mass is 9.96. The molecule has 20 heavy (non-hydrogen) atoms. The normalized spacial score (nSPS) is 18.9. The highest BCUT2D eigenvalue weighted by molar-refractivity contribution is 9.10. The van der Waals surface area contributed by atoms with Gasteiger partial charge in [-0.3, -0.25) is 9.59 Å². The van der Waals surface area contributed by atoms with Gasteiger partial charge in [-0.15, -0.1) is 0 Å². The van der Waals surface area contributed by atoms with Crippen molar-refractivity contribution in [2.45, 2.75) is 45.6 Å². The number of likely N-dealkylation sites (tertiary alicyclic amines) is 1. The zero-order valence-electron chi connectivity index (χ0n) is 12.0. The molecule has 0 radical (unpaired) electrons. The lowest BCUT2D eigenvalue weighted by Gasteiger charge is -2.35. The largest absolute Gasteiger partial charge is 0.335 e. The standard InChI is InChI=1S/C16H20BrNO2/c1-11(19)10-13-6-3-4-9-18(13)16(20)14-7-5-8-15(17)12(14)2/h5,7-8,13H,3-4,6,9-10H2,1-2H3. The molecule has 1 saturated heterocycles. The van der Waals surface area contributed by atoms with Crippen LogP contribution in [-0.4, -0.2) is 29.2 Å². The van der Waals surface area contributed by atoms with Crippen molar-refractivity contribution in [2.75, 3.05) is 6.54 Å². The van der Waals surface area contributed by atoms with Crippen molar-refractivity contribution < 1.29 is 9.59 Å². The second-order valence-electron chi connectivity index (χ2n) is 5.47. The van der Waals surface area contributed by atoms with Crippen LogP contribution < -0.4 is 0 Å². The van der Waals surface area contributed by atoms with E-state index in [1.165, 1.54) is 0 Å². The Bertz CT molecular complexity index is 527. The van der Waals surface area contributed by atoms with E-state index >= 15 is 0 Å². The first-order chi connectivity index (χ1) is 9.50. The molecule has 108 valence electrons. The van der Waals surface area contributed by atoms with E-state index in [0.29, 0.717) is 6.42 Å². The highest BCUT2D eigenvalue weighted by Crippen LogP contribution is 2.25. The Labute approximate surface area is 128 Å². The maximum atomic E-state index is 12.8. The summed E-state index contributed by atoms with van der Waals surface area (Å²) in [6, 6.07) is 5.75. The van der Waals surface area contributed by atoms with Gasteiger partial charge in [0.25, 0.3) is 5.91 Å². The smallest absolute Gasteiger partial charge is 0.254 e. The highest BCUT2D eigenvalue weighted by Gasteiger charge is 2.29. The van der Waals surface area contributed by atoms with Crippen LogP contribution in [0.5, 0.6) is 0 Å². The molecule has 2 rings (SSSR count). The zero-order chi connectivity index (χ0) is 14.7. The van der Waals surface area contributed by atoms with Crippen molar-refractivity contribution in [3.63, 3.8) is 0 Å². The van der Waals surface area contributed by atoms with Crippen LogP contribution in [-0.2, 0) is 4.79 Å². The first kappa shape index (κ1) is 15.2. The summed E-state index contributed by atoms with van der Waals surface area (Å²) in [5.41, 5.74) is 1.69. The van der Waals surface area contributed by atoms with Crippen molar-refractivity contribution >= 4 is 27.6 Å². The number of rotatable bonds is 3. The third-order valence-electron chi connectivity index (χ3n) is 3.91. The molecule has 1 aromatic carbocycles. The Morgan fingerprint density at radius 2 is 2.10 bits per heavy atom. The predicted octanol–water partition coefficient (Wildman–Crippen LogP) is 3.73. The number of halogens is 1. The topological polar surface area (TPSA) is 37.4 Å². The molecule has 0 spiro atoms. The number of Topliss-reactive ketones (excluding diaryl/α,β-unsaturated/α-hetero) is 1. The minimum atomic E-state index is 0.0507. The van der Waals surface area contributed by atoms with E-state index in [9.17, 15) is 9.59 Å². The van der Waals surface area contributed by atoms with Crippen LogP contribution in [0, 0.1) is 6.92 Å². The number of carbonyl (C=O) groups excluding carboxylic acids is 2. The van der Waals surface area contributed by atoms with Crippen molar-refractivity contribution in [3.8, 4) is 0 Å². The quantitative estimate of drug-likeness (QED) is 0.842. The molecule has 0 aliphatic carbocycles. The van der Waals surface area contributed by atoms with Gasteiger partial charge in [-0.2, -0.15) is 0 Å². The predicted molar refractivity (Wildman–Crippen MR) is 82.9 cm³/mol. The minimum Gasteiger partial charge on any atom is -0.335 e. The molecule has 3 nitrogen and oxygen atoms in total. The number of benzene rings is 1. The van der Waals surface area contributed by atoms with Crippen molar-refractivity contribution in [1.82, 2.24) is 4.90 Å². The molecular formula is C16H20BrNO2. The average Bonchev–Trinajstić information content (AvgIpc) is 2.41. The summed E-state index contributed by atoms with van der Waals surface area (Å²) in [6.45, 7) is 4.30. The van der Waals surface area contributed by atoms with E-state index in [1.807, 2.05) is 30.0 Å². The van der Waals surface area contributed by atoms with Crippen LogP contribution >= 0.6 is 15.9 Å². The van der Waals surface area contributed by atoms with E-state index < -0.39 is 0 Å². The average molecular weight is 338 g/mol. The van der Waals surface area contributed by atoms with E-state index in [0.717, 1.165) is 41.4 Å². The van der Waals surface area contributed by atoms with Gasteiger partial charge in [0.05, 0.1) is 0 Å². The molecule has 1 heterocycles. The van der Waals surface area contributed by atoms with E-state index in [-0.39, 0.29) is 17.7 Å². The number of hydrogen-bond donors (Lipinski definition) is 0. The van der Waals surface area contributed by atoms with Crippen molar-refractivity contribution in [3.05, 3.63) is 33.8 Å². The van der Waals surface area contributed by atoms with Crippen LogP contribution in [0.3, 0.4) is 0 Å². The maximum Gasteiger partial charge on any atom is 0.254 e. The zero-order valence-corrected chi connectivity index (χ0v) is 13.6. The second-order valence-corrected chi connectivity index (χ2v) is 6.32. The Morgan fingerprint density at radius 3 is 2.80 bits per heavy atom. The van der Waals surface area contributed by atoms with Gasteiger partial charge in [0.15, 0.2) is 0 Å². The Hall–Kier alpha value is -1.16. The Balaban J connectivity index is 2.25. The van der Waals surface area contributed by atoms with Crippen LogP contribution in [0.4, 0.5) is 0 Å². The van der Waals surface area contributed by atoms with Gasteiger partial charge in [0, 0.05) is 29.0 Å². The van der Waals surface area contributed by atoms with Gasteiger partial charge < -0.3 is 4.90 Å². The van der Waals surface area contributed by atoms with E-state index in [4.69, 9.17) is 0 Å². The van der Waals surface area contributed by atoms with Crippen LogP contribution in [0.25, 0.3) is 0 Å². The maximum absolute atomic E-state index is 12.8. The van der Waals surface area contributed by atoms with Gasteiger partial charge >= 0.3 is 0 Å². The molecule has 1 amide bonds. The molecule has 0 bridgehead atoms. The minimum absolute atomic E-state index is 0.0507. The fourth-order valence-electron chi connectivity index (χ4n) is 2.81. The number of carbonyl (C=O) groups is 2. The number of amides is 1. The summed E-state index contributed by atoms with van der Waals surface area (Å²) in [6.07, 6.45) is 3.52. The summed E-state index contributed by atoms with van der Waals surface area (Å²) < 4.78 is 0.948. The first-order valence-corrected chi connectivity index (χ1v) is 7.85. The van der Waals surface area contributed by atoms with Gasteiger partial charge in [-0.1, -0.05) is 22.0 Å². The molecule has 0 N–H and O–H groups in total. The monoisotopic (exact) mass is 337 g/mol. The molecule has 1 aliphatic rings. The summed E-state index contributed by atoms with van der Waals surface area (Å²) in [5.74, 6) is 0.204. The lowest BCUT2D eigenvalue weighted by molar-refractivity contribution is -0.118. The highest BCUT2D eigenvalue weighted by atomic mass is 79.9. The third-order valence-corrected chi connectivity index (χ3v) is 4.77. The number of nitrogens with zero attached hydrogens (tertiary/aromatic N) is 1. The Morgan fingerprint density at radius 1 is 1.35 bits per heavy atom. The molecule has 1 fully saturated rings. The molecule has 4 heteroatoms. The third kappa shape index (κ3) is 3.29. The fraction of sp³-hybridized carbons (Fsp3) is 0.500. The number of ketones is 1. The van der Waals surface area contributed by atoms with Crippen LogP contribution in [0.2, 0.25) is 0 Å². The molecule has 0 aromatic heterocycles. The molecule has 1 aliphatic heterocycles. The van der Waals surface area contributed by atoms with Crippen molar-refractivity contribution in [2.24, 2.45) is 0 Å². The second kappa shape index (κ2) is 6.53. The molecular weight excluding hydrogens is 318 g/mol. The summed E-state index contributed by atoms with van der Waals surface area (Å²) in [4.78, 5) is 26.0. The lowest BCUT2D eigenvalue weighted by Crippen LogP contribution is -2.44. The summed E-state index contributed by atoms with van der Waals surface area (Å²) >= 11 is 3.47. The molecule has 1 atom stereocenters. The molecule has 1 aromatic rings. The summed E-state index contributed by atoms with van der Waals surface area (Å²) in [5, 5.41) is 0. The van der Waals surface area contributed by atoms with Crippen molar-refractivity contribution in [1.29, 1.82) is 0 Å². The van der Waals surface area contributed by atoms with Gasteiger partial charge in [-0.05, 0) is 50.8 Å². The Kier molecular flexibility index (Phi) is 4.97.